The van der Waals surface area contributed by atoms with Crippen LogP contribution in [0.5, 0.6) is 0 Å². The molecular formula is C29H54ClN7. The van der Waals surface area contributed by atoms with Crippen molar-refractivity contribution in [2.45, 2.75) is 143 Å². The van der Waals surface area contributed by atoms with Gasteiger partial charge in [-0.1, -0.05) is 40.5 Å². The molecule has 0 amide bonds. The topological polar surface area (TPSA) is 69.2 Å². The molecule has 2 fully saturated rings. The molecule has 7 nitrogen and oxygen atoms in total. The van der Waals surface area contributed by atoms with Gasteiger partial charge in [-0.15, -0.1) is 0 Å². The first-order valence-electron chi connectivity index (χ1n) is 14.8. The molecule has 3 heterocycles. The summed E-state index contributed by atoms with van der Waals surface area (Å²) >= 11 is 6.63. The van der Waals surface area contributed by atoms with Crippen LogP contribution in [0.3, 0.4) is 0 Å². The fourth-order valence-electron chi connectivity index (χ4n) is 6.79. The maximum absolute atomic E-state index is 6.63. The minimum atomic E-state index is -0.109. The van der Waals surface area contributed by atoms with Crippen molar-refractivity contribution >= 4 is 23.5 Å². The van der Waals surface area contributed by atoms with E-state index in [1.807, 2.05) is 0 Å². The van der Waals surface area contributed by atoms with E-state index in [-0.39, 0.29) is 28.4 Å². The van der Waals surface area contributed by atoms with E-state index in [4.69, 9.17) is 26.6 Å². The van der Waals surface area contributed by atoms with Gasteiger partial charge in [-0.3, -0.25) is 0 Å². The number of hydrogen-bond acceptors (Lipinski definition) is 7. The molecule has 0 spiro atoms. The zero-order chi connectivity index (χ0) is 27.5. The molecule has 0 saturated carbocycles. The van der Waals surface area contributed by atoms with E-state index in [1.54, 1.807) is 0 Å². The molecule has 2 saturated heterocycles. The number of hydrogen-bond donors (Lipinski definition) is 2. The Labute approximate surface area is 231 Å². The van der Waals surface area contributed by atoms with Crippen LogP contribution in [0.4, 0.5) is 11.9 Å². The molecule has 0 bridgehead atoms. The average molecular weight is 536 g/mol. The zero-order valence-electron chi connectivity index (χ0n) is 25.2. The number of anilines is 2. The van der Waals surface area contributed by atoms with Crippen LogP contribution >= 0.6 is 11.6 Å². The van der Waals surface area contributed by atoms with Gasteiger partial charge in [0.2, 0.25) is 17.2 Å². The Morgan fingerprint density at radius 2 is 1.11 bits per heavy atom. The molecule has 2 aliphatic rings. The summed E-state index contributed by atoms with van der Waals surface area (Å²) in [7, 11) is 0. The molecule has 1 aromatic rings. The quantitative estimate of drug-likeness (QED) is 0.352. The highest BCUT2D eigenvalue weighted by Crippen LogP contribution is 2.41. The maximum atomic E-state index is 6.63. The lowest BCUT2D eigenvalue weighted by Gasteiger charge is -2.54. The molecule has 0 aliphatic carbocycles. The van der Waals surface area contributed by atoms with Crippen LogP contribution in [-0.4, -0.2) is 63.3 Å². The fourth-order valence-corrected chi connectivity index (χ4v) is 6.94. The van der Waals surface area contributed by atoms with Crippen LogP contribution < -0.4 is 20.4 Å². The molecule has 6 unspecified atom stereocenters. The number of nitrogens with one attached hydrogen (secondary N) is 2. The van der Waals surface area contributed by atoms with Crippen molar-refractivity contribution in [2.75, 3.05) is 22.9 Å². The monoisotopic (exact) mass is 535 g/mol. The van der Waals surface area contributed by atoms with Gasteiger partial charge in [0.05, 0.1) is 0 Å². The van der Waals surface area contributed by atoms with Gasteiger partial charge in [-0.2, -0.15) is 15.0 Å². The van der Waals surface area contributed by atoms with Crippen molar-refractivity contribution in [3.63, 3.8) is 0 Å². The van der Waals surface area contributed by atoms with Crippen molar-refractivity contribution in [1.82, 2.24) is 25.6 Å². The van der Waals surface area contributed by atoms with E-state index < -0.39 is 0 Å². The van der Waals surface area contributed by atoms with Crippen molar-refractivity contribution in [1.29, 1.82) is 0 Å². The summed E-state index contributed by atoms with van der Waals surface area (Å²) in [6, 6.07) is 1.49. The summed E-state index contributed by atoms with van der Waals surface area (Å²) in [4.78, 5) is 19.3. The molecule has 0 aromatic carbocycles. The summed E-state index contributed by atoms with van der Waals surface area (Å²) in [6.45, 7) is 25.2. The second-order valence-corrected chi connectivity index (χ2v) is 13.3. The van der Waals surface area contributed by atoms with Gasteiger partial charge in [0, 0.05) is 35.2 Å². The third kappa shape index (κ3) is 6.70. The highest BCUT2D eigenvalue weighted by atomic mass is 35.5. The lowest BCUT2D eigenvalue weighted by Crippen LogP contribution is -2.64. The Bertz CT molecular complexity index is 810. The molecular weight excluding hydrogens is 482 g/mol. The van der Waals surface area contributed by atoms with Crippen LogP contribution in [0.25, 0.3) is 0 Å². The lowest BCUT2D eigenvalue weighted by atomic mass is 9.77. The zero-order valence-corrected chi connectivity index (χ0v) is 26.0. The highest BCUT2D eigenvalue weighted by molar-refractivity contribution is 6.28. The van der Waals surface area contributed by atoms with Gasteiger partial charge in [-0.25, -0.2) is 0 Å². The van der Waals surface area contributed by atoms with Gasteiger partial charge in [0.1, 0.15) is 0 Å². The summed E-state index contributed by atoms with van der Waals surface area (Å²) in [5.74, 6) is 2.32. The number of rotatable bonds is 10. The Balaban J connectivity index is 1.90. The molecule has 212 valence electrons. The molecule has 37 heavy (non-hydrogen) atoms. The highest BCUT2D eigenvalue weighted by Gasteiger charge is 2.47. The second kappa shape index (κ2) is 12.3. The van der Waals surface area contributed by atoms with Crippen LogP contribution in [0.15, 0.2) is 0 Å². The summed E-state index contributed by atoms with van der Waals surface area (Å²) in [5, 5.41) is 7.93. The van der Waals surface area contributed by atoms with Crippen LogP contribution in [-0.2, 0) is 0 Å². The first kappa shape index (κ1) is 30.4. The first-order valence-corrected chi connectivity index (χ1v) is 15.2. The maximum Gasteiger partial charge on any atom is 0.232 e. The van der Waals surface area contributed by atoms with Crippen LogP contribution in [0.2, 0.25) is 5.28 Å². The number of nitrogens with zero attached hydrogens (tertiary/aromatic N) is 5. The van der Waals surface area contributed by atoms with Gasteiger partial charge >= 0.3 is 0 Å². The molecule has 0 radical (unpaired) electrons. The van der Waals surface area contributed by atoms with Gasteiger partial charge in [0.15, 0.2) is 0 Å². The van der Waals surface area contributed by atoms with Gasteiger partial charge in [-0.05, 0) is 104 Å². The standard InChI is InChI=1S/C29H54ClN7/c1-11-13-15-31-23-17-28(7,8)36(21(5)19(23)3)26-33-25(30)34-27(35-26)37-22(6)20(4)24(18-29(37,9)10)32-16-14-12-2/h19-24,31-32H,11-18H2,1-10H3. The Kier molecular flexibility index (Phi) is 10.1. The fraction of sp³-hybridized carbons (Fsp3) is 0.897. The average Bonchev–Trinajstić information content (AvgIpc) is 2.80. The Morgan fingerprint density at radius 3 is 1.46 bits per heavy atom. The van der Waals surface area contributed by atoms with E-state index in [2.05, 4.69) is 89.7 Å². The summed E-state index contributed by atoms with van der Waals surface area (Å²) < 4.78 is 0. The normalized spacial score (nSPS) is 31.5. The summed E-state index contributed by atoms with van der Waals surface area (Å²) in [5.41, 5.74) is -0.218. The largest absolute Gasteiger partial charge is 0.332 e. The van der Waals surface area contributed by atoms with Crippen molar-refractivity contribution in [2.24, 2.45) is 11.8 Å². The number of unbranched alkanes of at least 4 members (excludes halogenated alkanes) is 2. The third-order valence-corrected chi connectivity index (χ3v) is 9.41. The van der Waals surface area contributed by atoms with E-state index in [0.717, 1.165) is 25.9 Å². The minimum Gasteiger partial charge on any atom is -0.332 e. The number of halogens is 1. The van der Waals surface area contributed by atoms with Gasteiger partial charge < -0.3 is 20.4 Å². The number of aromatic nitrogens is 3. The second-order valence-electron chi connectivity index (χ2n) is 13.0. The molecule has 2 aliphatic heterocycles. The van der Waals surface area contributed by atoms with E-state index in [0.29, 0.717) is 35.8 Å². The SMILES string of the molecule is CCCCNC1CC(C)(C)N(c2nc(Cl)nc(N3C(C)C(C)C(NCCCC)CC3(C)C)n2)C(C)C1C. The first-order chi connectivity index (χ1) is 17.3. The van der Waals surface area contributed by atoms with Crippen molar-refractivity contribution < 1.29 is 0 Å². The third-order valence-electron chi connectivity index (χ3n) is 9.24. The number of piperidine rings is 2. The van der Waals surface area contributed by atoms with E-state index in [9.17, 15) is 0 Å². The predicted octanol–water partition coefficient (Wildman–Crippen LogP) is 6.07. The molecule has 8 heteroatoms. The Morgan fingerprint density at radius 1 is 0.730 bits per heavy atom. The molecule has 2 N–H and O–H groups in total. The minimum absolute atomic E-state index is 0.109. The smallest absolute Gasteiger partial charge is 0.232 e. The molecule has 1 aromatic heterocycles. The lowest BCUT2D eigenvalue weighted by molar-refractivity contribution is 0.183. The van der Waals surface area contributed by atoms with Crippen LogP contribution in [0, 0.1) is 11.8 Å². The van der Waals surface area contributed by atoms with Gasteiger partial charge in [0.25, 0.3) is 0 Å². The molecule has 3 rings (SSSR count). The van der Waals surface area contributed by atoms with E-state index in [1.165, 1.54) is 25.7 Å². The van der Waals surface area contributed by atoms with Crippen molar-refractivity contribution in [3.05, 3.63) is 5.28 Å². The van der Waals surface area contributed by atoms with Crippen LogP contribution in [0.1, 0.15) is 108 Å². The van der Waals surface area contributed by atoms with Crippen molar-refractivity contribution in [3.8, 4) is 0 Å². The molecule has 6 atom stereocenters. The predicted molar refractivity (Wildman–Crippen MR) is 158 cm³/mol. The van der Waals surface area contributed by atoms with E-state index >= 15 is 0 Å². The Hall–Kier alpha value is -1.18. The summed E-state index contributed by atoms with van der Waals surface area (Å²) in [6.07, 6.45) is 6.93.